The van der Waals surface area contributed by atoms with Gasteiger partial charge in [0.05, 0.1) is 5.69 Å². The zero-order valence-corrected chi connectivity index (χ0v) is 11.3. The molecule has 4 nitrogen and oxygen atoms in total. The molecule has 0 aromatic carbocycles. The minimum absolute atomic E-state index is 0.231. The van der Waals surface area contributed by atoms with Crippen molar-refractivity contribution >= 4 is 5.78 Å². The van der Waals surface area contributed by atoms with Crippen LogP contribution in [0.1, 0.15) is 45.0 Å². The van der Waals surface area contributed by atoms with Crippen LogP contribution in [-0.4, -0.2) is 21.1 Å². The van der Waals surface area contributed by atoms with Crippen LogP contribution in [0.5, 0.6) is 0 Å². The van der Waals surface area contributed by atoms with Gasteiger partial charge in [0.15, 0.2) is 0 Å². The standard InChI is InChI=1S/C13H23N3O/c1-5-10-8-11(16(4)15-10)9-12(17)6-7-13(2,3)14/h8H,5-7,9,14H2,1-4H3. The van der Waals surface area contributed by atoms with E-state index in [2.05, 4.69) is 12.0 Å². The highest BCUT2D eigenvalue weighted by molar-refractivity contribution is 5.80. The van der Waals surface area contributed by atoms with E-state index >= 15 is 0 Å². The van der Waals surface area contributed by atoms with Gasteiger partial charge in [-0.05, 0) is 32.8 Å². The Bertz CT molecular complexity index is 388. The number of hydrogen-bond donors (Lipinski definition) is 1. The van der Waals surface area contributed by atoms with Crippen LogP contribution in [0.4, 0.5) is 0 Å². The minimum Gasteiger partial charge on any atom is -0.326 e. The minimum atomic E-state index is -0.267. The molecule has 4 heteroatoms. The Hall–Kier alpha value is -1.16. The fourth-order valence-corrected chi connectivity index (χ4v) is 1.66. The number of aromatic nitrogens is 2. The number of carbonyl (C=O) groups is 1. The van der Waals surface area contributed by atoms with Crippen LogP contribution in [0.15, 0.2) is 6.07 Å². The number of rotatable bonds is 6. The monoisotopic (exact) mass is 237 g/mol. The lowest BCUT2D eigenvalue weighted by molar-refractivity contribution is -0.118. The summed E-state index contributed by atoms with van der Waals surface area (Å²) in [6, 6.07) is 2.01. The first kappa shape index (κ1) is 13.9. The van der Waals surface area contributed by atoms with E-state index in [0.717, 1.165) is 24.2 Å². The Morgan fingerprint density at radius 2 is 2.18 bits per heavy atom. The Balaban J connectivity index is 2.53. The molecule has 0 bridgehead atoms. The molecular formula is C13H23N3O. The van der Waals surface area contributed by atoms with Gasteiger partial charge in [0.2, 0.25) is 0 Å². The second-order valence-corrected chi connectivity index (χ2v) is 5.31. The van der Waals surface area contributed by atoms with Crippen molar-refractivity contribution in [1.29, 1.82) is 0 Å². The zero-order valence-electron chi connectivity index (χ0n) is 11.3. The smallest absolute Gasteiger partial charge is 0.138 e. The first-order valence-corrected chi connectivity index (χ1v) is 6.14. The normalized spacial score (nSPS) is 11.8. The van der Waals surface area contributed by atoms with Crippen molar-refractivity contribution in [3.8, 4) is 0 Å². The predicted molar refractivity (Wildman–Crippen MR) is 68.8 cm³/mol. The lowest BCUT2D eigenvalue weighted by Crippen LogP contribution is -2.32. The van der Waals surface area contributed by atoms with Gasteiger partial charge in [0.25, 0.3) is 0 Å². The Morgan fingerprint density at radius 3 is 2.65 bits per heavy atom. The molecule has 0 atom stereocenters. The van der Waals surface area contributed by atoms with Crippen molar-refractivity contribution in [2.45, 2.75) is 52.0 Å². The van der Waals surface area contributed by atoms with Gasteiger partial charge < -0.3 is 5.73 Å². The summed E-state index contributed by atoms with van der Waals surface area (Å²) in [4.78, 5) is 11.8. The fourth-order valence-electron chi connectivity index (χ4n) is 1.66. The molecule has 1 heterocycles. The summed E-state index contributed by atoms with van der Waals surface area (Å²) < 4.78 is 1.80. The van der Waals surface area contributed by atoms with Crippen molar-refractivity contribution in [2.24, 2.45) is 12.8 Å². The topological polar surface area (TPSA) is 60.9 Å². The third-order valence-corrected chi connectivity index (χ3v) is 2.82. The third kappa shape index (κ3) is 4.69. The molecule has 0 amide bonds. The van der Waals surface area contributed by atoms with Gasteiger partial charge in [-0.1, -0.05) is 6.92 Å². The Labute approximate surface area is 103 Å². The number of nitrogens with zero attached hydrogens (tertiary/aromatic N) is 2. The number of Topliss-reactive ketones (excluding diaryl/α,β-unsaturated/α-hetero) is 1. The van der Waals surface area contributed by atoms with Gasteiger partial charge in [0.1, 0.15) is 5.78 Å². The molecular weight excluding hydrogens is 214 g/mol. The maximum absolute atomic E-state index is 11.8. The van der Waals surface area contributed by atoms with Crippen molar-refractivity contribution in [3.63, 3.8) is 0 Å². The van der Waals surface area contributed by atoms with Gasteiger partial charge in [-0.3, -0.25) is 9.48 Å². The van der Waals surface area contributed by atoms with Crippen LogP contribution in [0.25, 0.3) is 0 Å². The first-order valence-electron chi connectivity index (χ1n) is 6.14. The third-order valence-electron chi connectivity index (χ3n) is 2.82. The van der Waals surface area contributed by atoms with Gasteiger partial charge in [-0.2, -0.15) is 5.10 Å². The summed E-state index contributed by atoms with van der Waals surface area (Å²) in [5.41, 5.74) is 7.62. The molecule has 0 saturated heterocycles. The molecule has 0 unspecified atom stereocenters. The molecule has 0 saturated carbocycles. The van der Waals surface area contributed by atoms with E-state index in [1.807, 2.05) is 27.0 Å². The highest BCUT2D eigenvalue weighted by atomic mass is 16.1. The van der Waals surface area contributed by atoms with Gasteiger partial charge in [-0.25, -0.2) is 0 Å². The molecule has 2 N–H and O–H groups in total. The van der Waals surface area contributed by atoms with Gasteiger partial charge >= 0.3 is 0 Å². The largest absolute Gasteiger partial charge is 0.326 e. The van der Waals surface area contributed by atoms with E-state index in [9.17, 15) is 4.79 Å². The van der Waals surface area contributed by atoms with Gasteiger partial charge in [-0.15, -0.1) is 0 Å². The quantitative estimate of drug-likeness (QED) is 0.817. The predicted octanol–water partition coefficient (Wildman–Crippen LogP) is 1.61. The molecule has 17 heavy (non-hydrogen) atoms. The van der Waals surface area contributed by atoms with Gasteiger partial charge in [0, 0.05) is 31.1 Å². The summed E-state index contributed by atoms with van der Waals surface area (Å²) >= 11 is 0. The summed E-state index contributed by atoms with van der Waals surface area (Å²) in [6.45, 7) is 5.95. The number of carbonyl (C=O) groups excluding carboxylic acids is 1. The van der Waals surface area contributed by atoms with Crippen LogP contribution < -0.4 is 5.73 Å². The number of aryl methyl sites for hydroxylation is 2. The van der Waals surface area contributed by atoms with E-state index in [-0.39, 0.29) is 11.3 Å². The second-order valence-electron chi connectivity index (χ2n) is 5.31. The highest BCUT2D eigenvalue weighted by Crippen LogP contribution is 2.11. The van der Waals surface area contributed by atoms with Crippen LogP contribution in [0.3, 0.4) is 0 Å². The van der Waals surface area contributed by atoms with Crippen LogP contribution in [0.2, 0.25) is 0 Å². The van der Waals surface area contributed by atoms with E-state index < -0.39 is 0 Å². The maximum Gasteiger partial charge on any atom is 0.138 e. The number of nitrogens with two attached hydrogens (primary N) is 1. The molecule has 1 rings (SSSR count). The summed E-state index contributed by atoms with van der Waals surface area (Å²) in [5.74, 6) is 0.231. The summed E-state index contributed by atoms with van der Waals surface area (Å²) in [7, 11) is 1.88. The maximum atomic E-state index is 11.8. The Morgan fingerprint density at radius 1 is 1.53 bits per heavy atom. The van der Waals surface area contributed by atoms with E-state index in [0.29, 0.717) is 12.8 Å². The number of ketones is 1. The van der Waals surface area contributed by atoms with Crippen molar-refractivity contribution in [3.05, 3.63) is 17.5 Å². The molecule has 0 radical (unpaired) electrons. The average Bonchev–Trinajstić information content (AvgIpc) is 2.56. The Kier molecular flexibility index (Phi) is 4.46. The molecule has 0 aliphatic rings. The van der Waals surface area contributed by atoms with Crippen LogP contribution >= 0.6 is 0 Å². The molecule has 0 fully saturated rings. The number of hydrogen-bond acceptors (Lipinski definition) is 3. The zero-order chi connectivity index (χ0) is 13.1. The molecule has 0 aliphatic carbocycles. The lowest BCUT2D eigenvalue weighted by Gasteiger charge is -2.17. The van der Waals surface area contributed by atoms with E-state index in [4.69, 9.17) is 5.73 Å². The van der Waals surface area contributed by atoms with Crippen molar-refractivity contribution in [2.75, 3.05) is 0 Å². The van der Waals surface area contributed by atoms with Crippen LogP contribution in [-0.2, 0) is 24.7 Å². The van der Waals surface area contributed by atoms with Crippen molar-refractivity contribution < 1.29 is 4.79 Å². The van der Waals surface area contributed by atoms with E-state index in [1.54, 1.807) is 4.68 Å². The average molecular weight is 237 g/mol. The molecule has 0 spiro atoms. The first-order chi connectivity index (χ1) is 7.81. The fraction of sp³-hybridized carbons (Fsp3) is 0.692. The summed E-state index contributed by atoms with van der Waals surface area (Å²) in [5, 5.41) is 4.33. The molecule has 1 aromatic heterocycles. The SMILES string of the molecule is CCc1cc(CC(=O)CCC(C)(C)N)n(C)n1. The second kappa shape index (κ2) is 5.45. The molecule has 96 valence electrons. The van der Waals surface area contributed by atoms with E-state index in [1.165, 1.54) is 0 Å². The summed E-state index contributed by atoms with van der Waals surface area (Å²) in [6.07, 6.45) is 2.62. The van der Waals surface area contributed by atoms with Crippen molar-refractivity contribution in [1.82, 2.24) is 9.78 Å². The van der Waals surface area contributed by atoms with Crippen LogP contribution in [0, 0.1) is 0 Å². The molecule has 0 aliphatic heterocycles. The highest BCUT2D eigenvalue weighted by Gasteiger charge is 2.15. The lowest BCUT2D eigenvalue weighted by atomic mass is 9.97. The molecule has 1 aromatic rings.